The van der Waals surface area contributed by atoms with E-state index in [1.807, 2.05) is 20.8 Å². The first-order chi connectivity index (χ1) is 6.07. The summed E-state index contributed by atoms with van der Waals surface area (Å²) < 4.78 is 0. The molecule has 0 rings (SSSR count). The zero-order valence-electron chi connectivity index (χ0n) is 9.47. The average Bonchev–Trinajstić information content (AvgIpc) is 1.98. The molecule has 14 heavy (non-hydrogen) atoms. The highest BCUT2D eigenvalue weighted by molar-refractivity contribution is 6.00. The number of rotatable bonds is 3. The number of carbonyl (C=O) groups excluding carboxylic acids is 1. The molecule has 0 atom stereocenters. The molecule has 0 unspecified atom stereocenters. The van der Waals surface area contributed by atoms with Gasteiger partial charge >= 0.3 is 5.97 Å². The van der Waals surface area contributed by atoms with Crippen molar-refractivity contribution in [1.82, 2.24) is 5.32 Å². The molecule has 4 nitrogen and oxygen atoms in total. The van der Waals surface area contributed by atoms with Gasteiger partial charge in [-0.2, -0.15) is 0 Å². The van der Waals surface area contributed by atoms with E-state index in [0.717, 1.165) is 0 Å². The first-order valence-corrected chi connectivity index (χ1v) is 4.59. The molecular weight excluding hydrogens is 182 g/mol. The van der Waals surface area contributed by atoms with Gasteiger partial charge in [0.05, 0.1) is 0 Å². The first-order valence-electron chi connectivity index (χ1n) is 4.59. The Bertz CT molecular complexity index is 238. The minimum absolute atomic E-state index is 0.0375. The van der Waals surface area contributed by atoms with Crippen molar-refractivity contribution < 1.29 is 14.7 Å². The SMILES string of the molecule is CC(C)(C)CNC(=O)C(C)(C)C(=O)O. The number of hydrogen-bond donors (Lipinski definition) is 2. The van der Waals surface area contributed by atoms with Gasteiger partial charge in [0.25, 0.3) is 0 Å². The van der Waals surface area contributed by atoms with E-state index in [-0.39, 0.29) is 5.41 Å². The molecule has 4 heteroatoms. The number of amides is 1. The minimum Gasteiger partial charge on any atom is -0.480 e. The van der Waals surface area contributed by atoms with Gasteiger partial charge in [0.2, 0.25) is 5.91 Å². The van der Waals surface area contributed by atoms with Crippen molar-refractivity contribution in [1.29, 1.82) is 0 Å². The fourth-order valence-electron chi connectivity index (χ4n) is 0.664. The number of nitrogens with one attached hydrogen (secondary N) is 1. The Labute approximate surface area is 84.7 Å². The van der Waals surface area contributed by atoms with Crippen LogP contribution >= 0.6 is 0 Å². The van der Waals surface area contributed by atoms with Crippen LogP contribution in [0.1, 0.15) is 34.6 Å². The van der Waals surface area contributed by atoms with Crippen molar-refractivity contribution in [2.45, 2.75) is 34.6 Å². The molecule has 0 saturated carbocycles. The highest BCUT2D eigenvalue weighted by Crippen LogP contribution is 2.17. The number of carboxylic acids is 1. The summed E-state index contributed by atoms with van der Waals surface area (Å²) in [6.45, 7) is 9.19. The van der Waals surface area contributed by atoms with Crippen molar-refractivity contribution in [2.75, 3.05) is 6.54 Å². The van der Waals surface area contributed by atoms with Crippen LogP contribution in [0.15, 0.2) is 0 Å². The lowest BCUT2D eigenvalue weighted by atomic mass is 9.91. The molecule has 0 fully saturated rings. The van der Waals surface area contributed by atoms with E-state index in [4.69, 9.17) is 5.11 Å². The first kappa shape index (κ1) is 12.9. The van der Waals surface area contributed by atoms with Gasteiger partial charge in [-0.05, 0) is 19.3 Å². The third-order valence-corrected chi connectivity index (χ3v) is 1.88. The molecule has 0 heterocycles. The lowest BCUT2D eigenvalue weighted by Gasteiger charge is -2.23. The topological polar surface area (TPSA) is 66.4 Å². The van der Waals surface area contributed by atoms with Crippen LogP contribution in [-0.4, -0.2) is 23.5 Å². The second kappa shape index (κ2) is 3.98. The lowest BCUT2D eigenvalue weighted by Crippen LogP contribution is -2.44. The zero-order chi connectivity index (χ0) is 11.6. The van der Waals surface area contributed by atoms with E-state index in [1.165, 1.54) is 13.8 Å². The Morgan fingerprint density at radius 2 is 1.57 bits per heavy atom. The molecule has 1 amide bonds. The lowest BCUT2D eigenvalue weighted by molar-refractivity contribution is -0.153. The maximum absolute atomic E-state index is 11.5. The summed E-state index contributed by atoms with van der Waals surface area (Å²) in [6, 6.07) is 0. The molecule has 0 aromatic heterocycles. The molecule has 0 radical (unpaired) electrons. The Kier molecular flexibility index (Phi) is 3.68. The summed E-state index contributed by atoms with van der Waals surface area (Å²) in [5.41, 5.74) is -1.39. The molecule has 0 spiro atoms. The maximum atomic E-state index is 11.5. The summed E-state index contributed by atoms with van der Waals surface area (Å²) in [5, 5.41) is 11.4. The van der Waals surface area contributed by atoms with Crippen molar-refractivity contribution in [3.8, 4) is 0 Å². The fourth-order valence-corrected chi connectivity index (χ4v) is 0.664. The molecule has 0 aliphatic heterocycles. The van der Waals surface area contributed by atoms with Crippen LogP contribution in [0.4, 0.5) is 0 Å². The summed E-state index contributed by atoms with van der Waals surface area (Å²) in [5.74, 6) is -1.55. The van der Waals surface area contributed by atoms with Gasteiger partial charge in [0, 0.05) is 6.54 Å². The molecule has 0 aliphatic carbocycles. The van der Waals surface area contributed by atoms with Crippen LogP contribution in [0.25, 0.3) is 0 Å². The Hall–Kier alpha value is -1.06. The average molecular weight is 201 g/mol. The van der Waals surface area contributed by atoms with E-state index >= 15 is 0 Å². The van der Waals surface area contributed by atoms with Crippen LogP contribution in [0.2, 0.25) is 0 Å². The summed E-state index contributed by atoms with van der Waals surface area (Å²) in [4.78, 5) is 22.2. The van der Waals surface area contributed by atoms with Crippen molar-refractivity contribution >= 4 is 11.9 Å². The van der Waals surface area contributed by atoms with Crippen LogP contribution < -0.4 is 5.32 Å². The third-order valence-electron chi connectivity index (χ3n) is 1.88. The van der Waals surface area contributed by atoms with Gasteiger partial charge in [-0.3, -0.25) is 9.59 Å². The zero-order valence-corrected chi connectivity index (χ0v) is 9.47. The number of aliphatic carboxylic acids is 1. The molecule has 82 valence electrons. The normalized spacial score (nSPS) is 12.4. The van der Waals surface area contributed by atoms with Crippen molar-refractivity contribution in [3.63, 3.8) is 0 Å². The smallest absolute Gasteiger partial charge is 0.318 e. The molecule has 0 saturated heterocycles. The van der Waals surface area contributed by atoms with Gasteiger partial charge < -0.3 is 10.4 Å². The van der Waals surface area contributed by atoms with E-state index in [0.29, 0.717) is 6.54 Å². The van der Waals surface area contributed by atoms with Crippen LogP contribution in [0.5, 0.6) is 0 Å². The second-order valence-corrected chi connectivity index (χ2v) is 5.17. The number of hydrogen-bond acceptors (Lipinski definition) is 2. The maximum Gasteiger partial charge on any atom is 0.318 e. The van der Waals surface area contributed by atoms with E-state index in [1.54, 1.807) is 0 Å². The van der Waals surface area contributed by atoms with Gasteiger partial charge in [-0.1, -0.05) is 20.8 Å². The molecule has 0 bridgehead atoms. The highest BCUT2D eigenvalue weighted by Gasteiger charge is 2.36. The Balaban J connectivity index is 4.30. The highest BCUT2D eigenvalue weighted by atomic mass is 16.4. The van der Waals surface area contributed by atoms with E-state index in [9.17, 15) is 9.59 Å². The summed E-state index contributed by atoms with van der Waals surface area (Å²) in [6.07, 6.45) is 0. The quantitative estimate of drug-likeness (QED) is 0.675. The largest absolute Gasteiger partial charge is 0.480 e. The second-order valence-electron chi connectivity index (χ2n) is 5.17. The summed E-state index contributed by atoms with van der Waals surface area (Å²) >= 11 is 0. The molecular formula is C10H19NO3. The van der Waals surface area contributed by atoms with Gasteiger partial charge in [-0.25, -0.2) is 0 Å². The van der Waals surface area contributed by atoms with Gasteiger partial charge in [-0.15, -0.1) is 0 Å². The molecule has 0 aliphatic rings. The minimum atomic E-state index is -1.36. The standard InChI is InChI=1S/C10H19NO3/c1-9(2,3)6-11-7(12)10(4,5)8(13)14/h6H2,1-5H3,(H,11,12)(H,13,14). The van der Waals surface area contributed by atoms with Crippen molar-refractivity contribution in [2.24, 2.45) is 10.8 Å². The number of carbonyl (C=O) groups is 2. The molecule has 0 aromatic carbocycles. The molecule has 0 aromatic rings. The van der Waals surface area contributed by atoms with Crippen molar-refractivity contribution in [3.05, 3.63) is 0 Å². The van der Waals surface area contributed by atoms with Crippen LogP contribution in [-0.2, 0) is 9.59 Å². The van der Waals surface area contributed by atoms with Gasteiger partial charge in [0.1, 0.15) is 5.41 Å². The monoisotopic (exact) mass is 201 g/mol. The third kappa shape index (κ3) is 3.77. The predicted molar refractivity (Wildman–Crippen MR) is 53.9 cm³/mol. The van der Waals surface area contributed by atoms with Gasteiger partial charge in [0.15, 0.2) is 0 Å². The van der Waals surface area contributed by atoms with Crippen LogP contribution in [0.3, 0.4) is 0 Å². The van der Waals surface area contributed by atoms with E-state index < -0.39 is 17.3 Å². The number of carboxylic acid groups (broad SMARTS) is 1. The molecule has 2 N–H and O–H groups in total. The fraction of sp³-hybridized carbons (Fsp3) is 0.800. The Morgan fingerprint density at radius 3 is 1.86 bits per heavy atom. The Morgan fingerprint density at radius 1 is 1.14 bits per heavy atom. The predicted octanol–water partition coefficient (Wildman–Crippen LogP) is 1.26. The van der Waals surface area contributed by atoms with Crippen LogP contribution in [0, 0.1) is 10.8 Å². The summed E-state index contributed by atoms with van der Waals surface area (Å²) in [7, 11) is 0. The van der Waals surface area contributed by atoms with E-state index in [2.05, 4.69) is 5.32 Å².